The lowest BCUT2D eigenvalue weighted by Crippen LogP contribution is -2.29. The average Bonchev–Trinajstić information content (AvgIpc) is 2.57. The highest BCUT2D eigenvalue weighted by atomic mass is 35.5. The zero-order valence-corrected chi connectivity index (χ0v) is 13.5. The molecule has 0 fully saturated rings. The molecule has 1 N–H and O–H groups in total. The van der Waals surface area contributed by atoms with E-state index in [1.807, 2.05) is 6.07 Å². The van der Waals surface area contributed by atoms with Gasteiger partial charge in [0.25, 0.3) is 5.91 Å². The van der Waals surface area contributed by atoms with Crippen molar-refractivity contribution >= 4 is 29.2 Å². The van der Waals surface area contributed by atoms with E-state index in [2.05, 4.69) is 5.32 Å². The Morgan fingerprint density at radius 2 is 1.92 bits per heavy atom. The van der Waals surface area contributed by atoms with Crippen LogP contribution in [0.1, 0.15) is 6.92 Å². The molecule has 0 saturated carbocycles. The van der Waals surface area contributed by atoms with Gasteiger partial charge in [0.2, 0.25) is 0 Å². The minimum atomic E-state index is -0.886. The van der Waals surface area contributed by atoms with Crippen molar-refractivity contribution < 1.29 is 23.5 Å². The van der Waals surface area contributed by atoms with Gasteiger partial charge in [0.1, 0.15) is 11.6 Å². The molecule has 5 nitrogen and oxygen atoms in total. The zero-order chi connectivity index (χ0) is 17.5. The number of hydrogen-bond acceptors (Lipinski definition) is 4. The van der Waals surface area contributed by atoms with Gasteiger partial charge in [-0.15, -0.1) is 0 Å². The Morgan fingerprint density at radius 3 is 2.62 bits per heavy atom. The normalized spacial score (nSPS) is 11.5. The van der Waals surface area contributed by atoms with Crippen LogP contribution in [0, 0.1) is 5.82 Å². The average molecular weight is 352 g/mol. The number of halogens is 2. The Kier molecular flexibility index (Phi) is 6.14. The molecule has 2 aromatic rings. The highest BCUT2D eigenvalue weighted by Gasteiger charge is 2.18. The SMILES string of the molecule is C[C@H](Oc1ccccc1)C(=O)OCC(=O)Nc1cc(Cl)ccc1F. The van der Waals surface area contributed by atoms with Crippen LogP contribution in [0.25, 0.3) is 0 Å². The minimum absolute atomic E-state index is 0.0860. The number of amides is 1. The molecule has 1 atom stereocenters. The number of para-hydroxylation sites is 1. The summed E-state index contributed by atoms with van der Waals surface area (Å²) in [5, 5.41) is 2.55. The number of carbonyl (C=O) groups is 2. The van der Waals surface area contributed by atoms with E-state index < -0.39 is 30.4 Å². The van der Waals surface area contributed by atoms with Gasteiger partial charge in [0.15, 0.2) is 12.7 Å². The first-order valence-electron chi connectivity index (χ1n) is 7.09. The first-order valence-corrected chi connectivity index (χ1v) is 7.47. The maximum Gasteiger partial charge on any atom is 0.347 e. The van der Waals surface area contributed by atoms with Crippen molar-refractivity contribution in [1.29, 1.82) is 0 Å². The molecule has 2 rings (SSSR count). The van der Waals surface area contributed by atoms with E-state index in [0.29, 0.717) is 5.75 Å². The second-order valence-corrected chi connectivity index (χ2v) is 5.29. The molecule has 0 aliphatic rings. The van der Waals surface area contributed by atoms with Crippen molar-refractivity contribution in [3.63, 3.8) is 0 Å². The quantitative estimate of drug-likeness (QED) is 0.810. The molecule has 0 saturated heterocycles. The zero-order valence-electron chi connectivity index (χ0n) is 12.8. The number of anilines is 1. The smallest absolute Gasteiger partial charge is 0.347 e. The van der Waals surface area contributed by atoms with Crippen LogP contribution in [0.2, 0.25) is 5.02 Å². The predicted octanol–water partition coefficient (Wildman–Crippen LogP) is 3.43. The summed E-state index contributed by atoms with van der Waals surface area (Å²) < 4.78 is 23.7. The Labute approximate surface area is 143 Å². The van der Waals surface area contributed by atoms with Crippen LogP contribution in [-0.4, -0.2) is 24.6 Å². The summed E-state index contributed by atoms with van der Waals surface area (Å²) in [6, 6.07) is 12.5. The summed E-state index contributed by atoms with van der Waals surface area (Å²) in [5.74, 6) is -1.52. The van der Waals surface area contributed by atoms with E-state index in [9.17, 15) is 14.0 Å². The Bertz CT molecular complexity index is 724. The molecule has 0 aromatic heterocycles. The lowest BCUT2D eigenvalue weighted by atomic mass is 10.3. The van der Waals surface area contributed by atoms with Crippen LogP contribution in [0.5, 0.6) is 5.75 Å². The lowest BCUT2D eigenvalue weighted by Gasteiger charge is -2.14. The number of ether oxygens (including phenoxy) is 2. The van der Waals surface area contributed by atoms with Crippen LogP contribution in [-0.2, 0) is 14.3 Å². The van der Waals surface area contributed by atoms with Gasteiger partial charge in [0.05, 0.1) is 5.69 Å². The third kappa shape index (κ3) is 5.24. The van der Waals surface area contributed by atoms with Crippen molar-refractivity contribution in [3.8, 4) is 5.75 Å². The van der Waals surface area contributed by atoms with Crippen LogP contribution in [0.3, 0.4) is 0 Å². The predicted molar refractivity (Wildman–Crippen MR) is 87.5 cm³/mol. The highest BCUT2D eigenvalue weighted by molar-refractivity contribution is 6.30. The van der Waals surface area contributed by atoms with Crippen LogP contribution >= 0.6 is 11.6 Å². The van der Waals surface area contributed by atoms with Crippen molar-refractivity contribution in [3.05, 3.63) is 59.4 Å². The van der Waals surface area contributed by atoms with Gasteiger partial charge in [-0.25, -0.2) is 9.18 Å². The van der Waals surface area contributed by atoms with Gasteiger partial charge in [-0.3, -0.25) is 4.79 Å². The summed E-state index contributed by atoms with van der Waals surface area (Å²) in [5.41, 5.74) is -0.0860. The lowest BCUT2D eigenvalue weighted by molar-refractivity contribution is -0.153. The summed E-state index contributed by atoms with van der Waals surface area (Å²) in [6.07, 6.45) is -0.886. The first-order chi connectivity index (χ1) is 11.5. The van der Waals surface area contributed by atoms with Crippen LogP contribution < -0.4 is 10.1 Å². The second kappa shape index (κ2) is 8.31. The van der Waals surface area contributed by atoms with E-state index in [1.165, 1.54) is 19.1 Å². The fourth-order valence-corrected chi connectivity index (χ4v) is 1.96. The molecule has 0 radical (unpaired) electrons. The van der Waals surface area contributed by atoms with Crippen molar-refractivity contribution in [1.82, 2.24) is 0 Å². The number of benzene rings is 2. The van der Waals surface area contributed by atoms with E-state index in [0.717, 1.165) is 6.07 Å². The van der Waals surface area contributed by atoms with Gasteiger partial charge in [-0.05, 0) is 37.3 Å². The molecular weight excluding hydrogens is 337 g/mol. The molecule has 2 aromatic carbocycles. The molecule has 0 aliphatic heterocycles. The number of esters is 1. The largest absolute Gasteiger partial charge is 0.479 e. The number of carbonyl (C=O) groups excluding carboxylic acids is 2. The summed E-state index contributed by atoms with van der Waals surface area (Å²) in [7, 11) is 0. The van der Waals surface area contributed by atoms with Crippen LogP contribution in [0.4, 0.5) is 10.1 Å². The van der Waals surface area contributed by atoms with Crippen molar-refractivity contribution in [2.75, 3.05) is 11.9 Å². The van der Waals surface area contributed by atoms with Crippen LogP contribution in [0.15, 0.2) is 48.5 Å². The minimum Gasteiger partial charge on any atom is -0.479 e. The van der Waals surface area contributed by atoms with E-state index in [-0.39, 0.29) is 10.7 Å². The molecule has 0 bridgehead atoms. The summed E-state index contributed by atoms with van der Waals surface area (Å²) >= 11 is 5.73. The third-order valence-corrected chi connectivity index (χ3v) is 3.17. The molecule has 24 heavy (non-hydrogen) atoms. The molecule has 0 aliphatic carbocycles. The maximum atomic E-state index is 13.5. The van der Waals surface area contributed by atoms with Crippen molar-refractivity contribution in [2.24, 2.45) is 0 Å². The second-order valence-electron chi connectivity index (χ2n) is 4.85. The van der Waals surface area contributed by atoms with E-state index in [1.54, 1.807) is 24.3 Å². The Balaban J connectivity index is 1.82. The van der Waals surface area contributed by atoms with Gasteiger partial charge >= 0.3 is 5.97 Å². The third-order valence-electron chi connectivity index (χ3n) is 2.94. The van der Waals surface area contributed by atoms with Gasteiger partial charge in [0, 0.05) is 5.02 Å². The Morgan fingerprint density at radius 1 is 1.21 bits per heavy atom. The Hall–Kier alpha value is -2.60. The number of rotatable bonds is 6. The molecule has 126 valence electrons. The van der Waals surface area contributed by atoms with Gasteiger partial charge in [-0.2, -0.15) is 0 Å². The fourth-order valence-electron chi connectivity index (χ4n) is 1.78. The topological polar surface area (TPSA) is 64.6 Å². The molecule has 0 spiro atoms. The maximum absolute atomic E-state index is 13.5. The molecule has 7 heteroatoms. The monoisotopic (exact) mass is 351 g/mol. The molecular formula is C17H15ClFNO4. The first kappa shape index (κ1) is 17.7. The summed E-state index contributed by atoms with van der Waals surface area (Å²) in [4.78, 5) is 23.5. The highest BCUT2D eigenvalue weighted by Crippen LogP contribution is 2.19. The molecule has 1 amide bonds. The van der Waals surface area contributed by atoms with Crippen molar-refractivity contribution in [2.45, 2.75) is 13.0 Å². The fraction of sp³-hybridized carbons (Fsp3) is 0.176. The van der Waals surface area contributed by atoms with E-state index in [4.69, 9.17) is 21.1 Å². The summed E-state index contributed by atoms with van der Waals surface area (Å²) in [6.45, 7) is 0.942. The number of hydrogen-bond donors (Lipinski definition) is 1. The van der Waals surface area contributed by atoms with E-state index >= 15 is 0 Å². The molecule has 0 heterocycles. The van der Waals surface area contributed by atoms with Gasteiger partial charge in [-0.1, -0.05) is 29.8 Å². The van der Waals surface area contributed by atoms with Gasteiger partial charge < -0.3 is 14.8 Å². The number of nitrogens with one attached hydrogen (secondary N) is 1. The standard InChI is InChI=1S/C17H15ClFNO4/c1-11(24-13-5-3-2-4-6-13)17(22)23-10-16(21)20-15-9-12(18)7-8-14(15)19/h2-9,11H,10H2,1H3,(H,20,21)/t11-/m0/s1. The molecule has 0 unspecified atom stereocenters.